The van der Waals surface area contributed by atoms with E-state index in [2.05, 4.69) is 15.0 Å². The van der Waals surface area contributed by atoms with Gasteiger partial charge >= 0.3 is 11.9 Å². The topological polar surface area (TPSA) is 132 Å². The number of ether oxygens (including phenoxy) is 2. The molecule has 0 amide bonds. The molecule has 40 heavy (non-hydrogen) atoms. The molecule has 1 aromatic heterocycles. The first-order valence-electron chi connectivity index (χ1n) is 13.2. The van der Waals surface area contributed by atoms with E-state index in [9.17, 15) is 14.7 Å². The number of carbonyl (C=O) groups excluding carboxylic acids is 1. The fraction of sp³-hybridized carbons (Fsp3) is 0.258. The van der Waals surface area contributed by atoms with E-state index >= 15 is 0 Å². The number of phenols is 1. The Kier molecular flexibility index (Phi) is 8.29. The van der Waals surface area contributed by atoms with Gasteiger partial charge in [0, 0.05) is 17.2 Å². The maximum atomic E-state index is 12.3. The van der Waals surface area contributed by atoms with Crippen LogP contribution in [0.3, 0.4) is 0 Å². The summed E-state index contributed by atoms with van der Waals surface area (Å²) in [6.45, 7) is 0.158. The fourth-order valence-corrected chi connectivity index (χ4v) is 4.72. The van der Waals surface area contributed by atoms with Crippen molar-refractivity contribution in [3.8, 4) is 45.7 Å². The van der Waals surface area contributed by atoms with Gasteiger partial charge in [0.2, 0.25) is 0 Å². The second-order valence-electron chi connectivity index (χ2n) is 9.62. The monoisotopic (exact) mass is 539 g/mol. The average Bonchev–Trinajstić information content (AvgIpc) is 3.00. The Morgan fingerprint density at radius 1 is 0.725 bits per heavy atom. The van der Waals surface area contributed by atoms with Gasteiger partial charge in [-0.3, -0.25) is 9.59 Å². The number of carboxylic acid groups (broad SMARTS) is 1. The van der Waals surface area contributed by atoms with Gasteiger partial charge in [-0.1, -0.05) is 60.7 Å². The van der Waals surface area contributed by atoms with Gasteiger partial charge in [-0.25, -0.2) is 15.0 Å². The van der Waals surface area contributed by atoms with Gasteiger partial charge in [-0.05, 0) is 37.8 Å². The largest absolute Gasteiger partial charge is 0.507 e. The molecular formula is C31H29N3O6. The number of carbonyl (C=O) groups is 2. The minimum absolute atomic E-state index is 0.0501. The molecule has 0 unspecified atom stereocenters. The molecule has 0 atom stereocenters. The number of nitrogens with zero attached hydrogens (tertiary/aromatic N) is 3. The second kappa shape index (κ2) is 12.4. The van der Waals surface area contributed by atoms with Crippen LogP contribution in [0.5, 0.6) is 11.5 Å². The molecule has 1 aliphatic rings. The van der Waals surface area contributed by atoms with Crippen LogP contribution in [-0.2, 0) is 14.3 Å². The van der Waals surface area contributed by atoms with E-state index in [4.69, 9.17) is 14.6 Å². The molecule has 0 bridgehead atoms. The Hall–Kier alpha value is -4.79. The van der Waals surface area contributed by atoms with E-state index < -0.39 is 5.97 Å². The van der Waals surface area contributed by atoms with Crippen molar-refractivity contribution in [2.45, 2.75) is 25.7 Å². The molecule has 1 aliphatic carbocycles. The highest BCUT2D eigenvalue weighted by molar-refractivity contribution is 5.74. The minimum atomic E-state index is -0.807. The highest BCUT2D eigenvalue weighted by Gasteiger charge is 2.30. The van der Waals surface area contributed by atoms with Crippen molar-refractivity contribution >= 4 is 11.9 Å². The molecule has 0 radical (unpaired) electrons. The van der Waals surface area contributed by atoms with Crippen molar-refractivity contribution < 1.29 is 29.3 Å². The number of benzene rings is 3. The van der Waals surface area contributed by atoms with Crippen LogP contribution in [0.1, 0.15) is 25.7 Å². The smallest absolute Gasteiger partial charge is 0.309 e. The van der Waals surface area contributed by atoms with E-state index in [1.807, 2.05) is 60.7 Å². The summed E-state index contributed by atoms with van der Waals surface area (Å²) in [7, 11) is 0. The summed E-state index contributed by atoms with van der Waals surface area (Å²) in [5.41, 5.74) is 2.08. The molecule has 4 aromatic rings. The summed E-state index contributed by atoms with van der Waals surface area (Å²) < 4.78 is 11.0. The number of esters is 1. The molecule has 9 nitrogen and oxygen atoms in total. The maximum Gasteiger partial charge on any atom is 0.309 e. The third kappa shape index (κ3) is 6.43. The molecule has 1 saturated carbocycles. The summed E-state index contributed by atoms with van der Waals surface area (Å²) in [5.74, 6) is -0.152. The predicted molar refractivity (Wildman–Crippen MR) is 147 cm³/mol. The molecule has 9 heteroatoms. The van der Waals surface area contributed by atoms with Crippen molar-refractivity contribution in [3.63, 3.8) is 0 Å². The minimum Gasteiger partial charge on any atom is -0.507 e. The maximum absolute atomic E-state index is 12.3. The number of aromatic hydroxyl groups is 1. The lowest BCUT2D eigenvalue weighted by Gasteiger charge is -2.24. The zero-order chi connectivity index (χ0) is 27.9. The van der Waals surface area contributed by atoms with Crippen LogP contribution in [0.15, 0.2) is 78.9 Å². The predicted octanol–water partition coefficient (Wildman–Crippen LogP) is 5.39. The lowest BCUT2D eigenvalue weighted by atomic mass is 9.82. The Labute approximate surface area is 231 Å². The summed E-state index contributed by atoms with van der Waals surface area (Å²) in [6.07, 6.45) is 2.00. The second-order valence-corrected chi connectivity index (χ2v) is 9.62. The van der Waals surface area contributed by atoms with Crippen molar-refractivity contribution in [1.82, 2.24) is 15.0 Å². The third-order valence-corrected chi connectivity index (χ3v) is 6.92. The first kappa shape index (κ1) is 26.8. The first-order chi connectivity index (χ1) is 19.5. The zero-order valence-corrected chi connectivity index (χ0v) is 21.8. The van der Waals surface area contributed by atoms with Crippen LogP contribution >= 0.6 is 0 Å². The van der Waals surface area contributed by atoms with Crippen LogP contribution < -0.4 is 4.74 Å². The lowest BCUT2D eigenvalue weighted by Crippen LogP contribution is -2.27. The van der Waals surface area contributed by atoms with E-state index in [0.29, 0.717) is 54.5 Å². The molecule has 0 saturated heterocycles. The quantitative estimate of drug-likeness (QED) is 0.212. The number of hydrogen-bond donors (Lipinski definition) is 2. The van der Waals surface area contributed by atoms with Gasteiger partial charge in [0.15, 0.2) is 17.5 Å². The van der Waals surface area contributed by atoms with Gasteiger partial charge in [-0.2, -0.15) is 0 Å². The number of aliphatic carboxylic acids is 1. The number of hydrogen-bond acceptors (Lipinski definition) is 8. The van der Waals surface area contributed by atoms with E-state index in [0.717, 1.165) is 11.1 Å². The number of rotatable bonds is 9. The Balaban J connectivity index is 1.25. The van der Waals surface area contributed by atoms with Gasteiger partial charge in [-0.15, -0.1) is 0 Å². The normalized spacial score (nSPS) is 16.7. The molecule has 5 rings (SSSR count). The highest BCUT2D eigenvalue weighted by Crippen LogP contribution is 2.33. The van der Waals surface area contributed by atoms with Crippen LogP contribution in [0, 0.1) is 11.8 Å². The van der Waals surface area contributed by atoms with E-state index in [1.165, 1.54) is 6.07 Å². The summed E-state index contributed by atoms with van der Waals surface area (Å²) >= 11 is 0. The Bertz CT molecular complexity index is 1410. The van der Waals surface area contributed by atoms with Crippen LogP contribution in [0.25, 0.3) is 34.2 Å². The average molecular weight is 540 g/mol. The van der Waals surface area contributed by atoms with E-state index in [1.54, 1.807) is 12.1 Å². The molecule has 1 heterocycles. The van der Waals surface area contributed by atoms with Crippen LogP contribution in [-0.4, -0.2) is 50.3 Å². The standard InChI is InChI=1S/C31H29N3O6/c35-26-19-24(39-17-18-40-31(38)23-13-11-22(12-14-23)30(36)37)15-16-25(26)29-33-27(20-7-3-1-4-8-20)32-28(34-29)21-9-5-2-6-10-21/h1-10,15-16,19,22-23,35H,11-14,17-18H2,(H,36,37). The summed E-state index contributed by atoms with van der Waals surface area (Å²) in [4.78, 5) is 37.3. The molecule has 0 aliphatic heterocycles. The number of carboxylic acids is 1. The number of phenolic OH excluding ortho intramolecular Hbond substituents is 1. The molecule has 3 aromatic carbocycles. The van der Waals surface area contributed by atoms with Crippen LogP contribution in [0.4, 0.5) is 0 Å². The van der Waals surface area contributed by atoms with Crippen LogP contribution in [0.2, 0.25) is 0 Å². The van der Waals surface area contributed by atoms with Gasteiger partial charge in [0.1, 0.15) is 24.7 Å². The Morgan fingerprint density at radius 2 is 1.27 bits per heavy atom. The van der Waals surface area contributed by atoms with Gasteiger partial charge < -0.3 is 19.7 Å². The molecule has 204 valence electrons. The van der Waals surface area contributed by atoms with Crippen molar-refractivity contribution in [3.05, 3.63) is 78.9 Å². The van der Waals surface area contributed by atoms with E-state index in [-0.39, 0.29) is 36.8 Å². The summed E-state index contributed by atoms with van der Waals surface area (Å²) in [6, 6.07) is 24.0. The number of aromatic nitrogens is 3. The highest BCUT2D eigenvalue weighted by atomic mass is 16.6. The fourth-order valence-electron chi connectivity index (χ4n) is 4.72. The van der Waals surface area contributed by atoms with Crippen molar-refractivity contribution in [1.29, 1.82) is 0 Å². The van der Waals surface area contributed by atoms with Gasteiger partial charge in [0.05, 0.1) is 17.4 Å². The molecular weight excluding hydrogens is 510 g/mol. The zero-order valence-electron chi connectivity index (χ0n) is 21.8. The lowest BCUT2D eigenvalue weighted by molar-refractivity contribution is -0.153. The van der Waals surface area contributed by atoms with Gasteiger partial charge in [0.25, 0.3) is 0 Å². The van der Waals surface area contributed by atoms with Crippen molar-refractivity contribution in [2.75, 3.05) is 13.2 Å². The third-order valence-electron chi connectivity index (χ3n) is 6.92. The Morgan fingerprint density at radius 3 is 1.82 bits per heavy atom. The molecule has 2 N–H and O–H groups in total. The SMILES string of the molecule is O=C(O)C1CCC(C(=O)OCCOc2ccc(-c3nc(-c4ccccc4)nc(-c4ccccc4)n3)c(O)c2)CC1. The molecule has 0 spiro atoms. The molecule has 1 fully saturated rings. The summed E-state index contributed by atoms with van der Waals surface area (Å²) in [5, 5.41) is 19.9. The van der Waals surface area contributed by atoms with Crippen molar-refractivity contribution in [2.24, 2.45) is 11.8 Å². The first-order valence-corrected chi connectivity index (χ1v) is 13.2.